The molecule has 0 saturated carbocycles. The Morgan fingerprint density at radius 2 is 1.07 bits per heavy atom. The summed E-state index contributed by atoms with van der Waals surface area (Å²) in [5.41, 5.74) is -5.48. The van der Waals surface area contributed by atoms with Crippen LogP contribution in [0.2, 0.25) is 0 Å². The van der Waals surface area contributed by atoms with Gasteiger partial charge in [-0.25, -0.2) is 4.79 Å². The van der Waals surface area contributed by atoms with Gasteiger partial charge < -0.3 is 9.84 Å². The van der Waals surface area contributed by atoms with Crippen molar-refractivity contribution in [1.29, 1.82) is 0 Å². The lowest BCUT2D eigenvalue weighted by Crippen LogP contribution is -2.73. The molecule has 0 aromatic heterocycles. The molecule has 0 aliphatic rings. The molecule has 0 heterocycles. The predicted octanol–water partition coefficient (Wildman–Crippen LogP) is 7.46. The van der Waals surface area contributed by atoms with Gasteiger partial charge in [-0.1, -0.05) is 30.3 Å². The van der Waals surface area contributed by atoms with Gasteiger partial charge in [-0.05, 0) is 39.2 Å². The Morgan fingerprint density at radius 3 is 1.48 bits per heavy atom. The number of esters is 1. The molecule has 0 aliphatic carbocycles. The van der Waals surface area contributed by atoms with Crippen LogP contribution < -0.4 is 0 Å². The van der Waals surface area contributed by atoms with Crippen molar-refractivity contribution in [3.05, 3.63) is 35.9 Å². The maximum atomic E-state index is 14.6. The summed E-state index contributed by atoms with van der Waals surface area (Å²) in [4.78, 5) is 12.4. The average molecular weight is 618 g/mol. The van der Waals surface area contributed by atoms with E-state index in [1.165, 1.54) is 30.3 Å². The van der Waals surface area contributed by atoms with E-state index in [4.69, 9.17) is 0 Å². The highest BCUT2D eigenvalue weighted by Gasteiger charge is 2.93. The van der Waals surface area contributed by atoms with E-state index in [-0.39, 0.29) is 5.56 Å². The number of benzene rings is 1. The second-order valence-corrected chi connectivity index (χ2v) is 9.77. The Kier molecular flexibility index (Phi) is 9.31. The number of hydrogen-bond donors (Lipinski definition) is 1. The third kappa shape index (κ3) is 6.25. The fraction of sp³-hybridized carbons (Fsp3) is 0.682. The van der Waals surface area contributed by atoms with E-state index in [0.29, 0.717) is 0 Å². The summed E-state index contributed by atoms with van der Waals surface area (Å²) in [6.45, 7) is 3.19. The molecule has 1 aromatic rings. The molecule has 1 aromatic carbocycles. The highest BCUT2D eigenvalue weighted by Crippen LogP contribution is 2.63. The van der Waals surface area contributed by atoms with Crippen molar-refractivity contribution in [3.63, 3.8) is 0 Å². The standard InChI is InChI=1S/C22H21F15O3/c1-14(2,3)40-13(38)15(39,10-9-12-7-5-4-6-8-12)11-16(23,24)17(25,26)18(27,28)19(29,30)20(31,32)21(33,34)22(35,36)37/h4-8,39H,9-11H2,1-3H3. The van der Waals surface area contributed by atoms with Crippen LogP contribution in [0.4, 0.5) is 65.9 Å². The lowest BCUT2D eigenvalue weighted by atomic mass is 9.83. The van der Waals surface area contributed by atoms with Gasteiger partial charge in [0.2, 0.25) is 0 Å². The maximum Gasteiger partial charge on any atom is 0.460 e. The molecule has 1 N–H and O–H groups in total. The molecule has 40 heavy (non-hydrogen) atoms. The first-order valence-corrected chi connectivity index (χ1v) is 10.7. The molecule has 0 saturated heterocycles. The van der Waals surface area contributed by atoms with Crippen LogP contribution in [0.1, 0.15) is 39.2 Å². The molecular weight excluding hydrogens is 597 g/mol. The SMILES string of the molecule is CC(C)(C)OC(=O)C(O)(CCc1ccccc1)CC(F)(F)C(F)(F)C(F)(F)C(F)(F)C(F)(F)C(F)(F)C(F)(F)F. The summed E-state index contributed by atoms with van der Waals surface area (Å²) in [5.74, 6) is -50.2. The van der Waals surface area contributed by atoms with E-state index in [0.717, 1.165) is 20.8 Å². The van der Waals surface area contributed by atoms with Crippen LogP contribution in [-0.2, 0) is 16.0 Å². The smallest absolute Gasteiger partial charge is 0.458 e. The minimum atomic E-state index is -8.47. The molecule has 0 spiro atoms. The first-order chi connectivity index (χ1) is 17.4. The minimum absolute atomic E-state index is 0.116. The molecule has 1 atom stereocenters. The Balaban J connectivity index is 3.61. The number of aliphatic hydroxyl groups is 1. The molecule has 232 valence electrons. The van der Waals surface area contributed by atoms with E-state index < -0.39 is 78.1 Å². The monoisotopic (exact) mass is 618 g/mol. The Bertz CT molecular complexity index is 1030. The predicted molar refractivity (Wildman–Crippen MR) is 106 cm³/mol. The zero-order chi connectivity index (χ0) is 32.0. The van der Waals surface area contributed by atoms with E-state index in [9.17, 15) is 75.8 Å². The van der Waals surface area contributed by atoms with Crippen molar-refractivity contribution < 1.29 is 80.5 Å². The fourth-order valence-corrected chi connectivity index (χ4v) is 3.11. The van der Waals surface area contributed by atoms with Crippen LogP contribution in [0.5, 0.6) is 0 Å². The van der Waals surface area contributed by atoms with Crippen molar-refractivity contribution in [1.82, 2.24) is 0 Å². The number of carbonyl (C=O) groups is 1. The van der Waals surface area contributed by atoms with Gasteiger partial charge >= 0.3 is 47.7 Å². The molecule has 0 radical (unpaired) electrons. The lowest BCUT2D eigenvalue weighted by molar-refractivity contribution is -0.453. The van der Waals surface area contributed by atoms with Crippen LogP contribution in [0.25, 0.3) is 0 Å². The van der Waals surface area contributed by atoms with E-state index >= 15 is 0 Å². The first kappa shape index (κ1) is 35.6. The Labute approximate surface area is 216 Å². The fourth-order valence-electron chi connectivity index (χ4n) is 3.11. The summed E-state index contributed by atoms with van der Waals surface area (Å²) < 4.78 is 207. The van der Waals surface area contributed by atoms with Crippen molar-refractivity contribution in [2.24, 2.45) is 0 Å². The number of aryl methyl sites for hydroxylation is 1. The largest absolute Gasteiger partial charge is 0.460 e. The van der Waals surface area contributed by atoms with E-state index in [2.05, 4.69) is 4.74 Å². The van der Waals surface area contributed by atoms with E-state index in [1.54, 1.807) is 0 Å². The van der Waals surface area contributed by atoms with Gasteiger partial charge in [0.1, 0.15) is 5.60 Å². The molecule has 0 amide bonds. The second-order valence-electron chi connectivity index (χ2n) is 9.77. The number of rotatable bonds is 11. The zero-order valence-electron chi connectivity index (χ0n) is 20.4. The Hall–Kier alpha value is -2.40. The van der Waals surface area contributed by atoms with Crippen molar-refractivity contribution >= 4 is 5.97 Å². The van der Waals surface area contributed by atoms with Gasteiger partial charge in [0.15, 0.2) is 5.60 Å². The van der Waals surface area contributed by atoms with Crippen LogP contribution in [0.3, 0.4) is 0 Å². The van der Waals surface area contributed by atoms with Crippen molar-refractivity contribution in [2.45, 2.75) is 92.9 Å². The van der Waals surface area contributed by atoms with Gasteiger partial charge in [0.05, 0.1) is 6.42 Å². The number of carbonyl (C=O) groups excluding carboxylic acids is 1. The summed E-state index contributed by atoms with van der Waals surface area (Å²) in [5, 5.41) is 10.5. The topological polar surface area (TPSA) is 46.5 Å². The van der Waals surface area contributed by atoms with E-state index in [1.807, 2.05) is 0 Å². The van der Waals surface area contributed by atoms with Crippen molar-refractivity contribution in [2.75, 3.05) is 0 Å². The van der Waals surface area contributed by atoms with Crippen LogP contribution in [-0.4, -0.2) is 64.0 Å². The molecule has 0 bridgehead atoms. The number of alkyl halides is 15. The summed E-state index contributed by atoms with van der Waals surface area (Å²) in [6, 6.07) is 6.60. The number of hydrogen-bond acceptors (Lipinski definition) is 3. The van der Waals surface area contributed by atoms with Crippen molar-refractivity contribution in [3.8, 4) is 0 Å². The maximum absolute atomic E-state index is 14.6. The minimum Gasteiger partial charge on any atom is -0.458 e. The summed E-state index contributed by atoms with van der Waals surface area (Å²) >= 11 is 0. The molecular formula is C22H21F15O3. The van der Waals surface area contributed by atoms with Gasteiger partial charge in [0.25, 0.3) is 0 Å². The molecule has 1 unspecified atom stereocenters. The molecule has 1 rings (SSSR count). The third-order valence-electron chi connectivity index (χ3n) is 5.36. The van der Waals surface area contributed by atoms with Gasteiger partial charge in [-0.3, -0.25) is 0 Å². The van der Waals surface area contributed by atoms with Gasteiger partial charge in [-0.15, -0.1) is 0 Å². The first-order valence-electron chi connectivity index (χ1n) is 10.7. The molecule has 3 nitrogen and oxygen atoms in total. The zero-order valence-corrected chi connectivity index (χ0v) is 20.4. The average Bonchev–Trinajstić information content (AvgIpc) is 2.75. The molecule has 0 fully saturated rings. The normalized spacial score (nSPS) is 16.5. The second kappa shape index (κ2) is 10.5. The van der Waals surface area contributed by atoms with Gasteiger partial charge in [-0.2, -0.15) is 65.9 Å². The highest BCUT2D eigenvalue weighted by molar-refractivity contribution is 5.79. The highest BCUT2D eigenvalue weighted by atomic mass is 19.4. The summed E-state index contributed by atoms with van der Waals surface area (Å²) in [6.07, 6.45) is -13.0. The summed E-state index contributed by atoms with van der Waals surface area (Å²) in [7, 11) is 0. The lowest BCUT2D eigenvalue weighted by Gasteiger charge is -2.42. The van der Waals surface area contributed by atoms with Gasteiger partial charge in [0, 0.05) is 0 Å². The molecule has 0 aliphatic heterocycles. The molecule has 18 heteroatoms. The number of halogens is 15. The quantitative estimate of drug-likeness (QED) is 0.207. The Morgan fingerprint density at radius 1 is 0.675 bits per heavy atom. The van der Waals surface area contributed by atoms with Crippen LogP contribution in [0.15, 0.2) is 30.3 Å². The van der Waals surface area contributed by atoms with Crippen LogP contribution >= 0.6 is 0 Å². The number of ether oxygens (including phenoxy) is 1. The third-order valence-corrected chi connectivity index (χ3v) is 5.36. The van der Waals surface area contributed by atoms with Crippen LogP contribution in [0, 0.1) is 0 Å².